The number of nitrogens with one attached hydrogen (secondary N) is 1. The molecule has 0 heterocycles. The van der Waals surface area contributed by atoms with Crippen LogP contribution in [0.25, 0.3) is 0 Å². The van der Waals surface area contributed by atoms with E-state index in [1.807, 2.05) is 0 Å². The summed E-state index contributed by atoms with van der Waals surface area (Å²) in [7, 11) is 1.31. The molecule has 0 saturated heterocycles. The Hall–Kier alpha value is -0.780. The van der Waals surface area contributed by atoms with Gasteiger partial charge in [0.25, 0.3) is 9.05 Å². The van der Waals surface area contributed by atoms with Crippen molar-refractivity contribution in [3.8, 4) is 0 Å². The second kappa shape index (κ2) is 5.25. The molecule has 0 aromatic heterocycles. The Bertz CT molecular complexity index is 540. The van der Waals surface area contributed by atoms with Crippen molar-refractivity contribution < 1.29 is 13.2 Å². The molecule has 0 saturated carbocycles. The molecule has 0 fully saturated rings. The molecule has 0 radical (unpaired) electrons. The number of hydrogen-bond acceptors (Lipinski definition) is 3. The van der Waals surface area contributed by atoms with Crippen molar-refractivity contribution in [2.75, 3.05) is 5.32 Å². The van der Waals surface area contributed by atoms with Crippen molar-refractivity contribution in [2.24, 2.45) is 5.92 Å². The van der Waals surface area contributed by atoms with E-state index in [1.165, 1.54) is 18.2 Å². The van der Waals surface area contributed by atoms with Crippen LogP contribution < -0.4 is 5.32 Å². The maximum absolute atomic E-state index is 11.4. The van der Waals surface area contributed by atoms with Crippen molar-refractivity contribution in [2.45, 2.75) is 18.7 Å². The average molecular weight is 296 g/mol. The molecule has 7 heteroatoms. The SMILES string of the molecule is CC(C)C(=O)Nc1ccc(S(=O)(=O)Cl)c(Cl)c1. The molecule has 0 unspecified atom stereocenters. The first kappa shape index (κ1) is 14.3. The average Bonchev–Trinajstić information content (AvgIpc) is 2.15. The first-order valence-electron chi connectivity index (χ1n) is 4.77. The van der Waals surface area contributed by atoms with Crippen molar-refractivity contribution in [1.82, 2.24) is 0 Å². The maximum atomic E-state index is 11.4. The van der Waals surface area contributed by atoms with E-state index < -0.39 is 9.05 Å². The number of carbonyl (C=O) groups is 1. The van der Waals surface area contributed by atoms with Crippen LogP contribution in [0.1, 0.15) is 13.8 Å². The van der Waals surface area contributed by atoms with E-state index >= 15 is 0 Å². The standard InChI is InChI=1S/C10H11Cl2NO3S/c1-6(2)10(14)13-7-3-4-9(8(11)5-7)17(12,15)16/h3-6H,1-2H3,(H,13,14). The second-order valence-electron chi connectivity index (χ2n) is 3.73. The number of amides is 1. The summed E-state index contributed by atoms with van der Waals surface area (Å²) in [5.41, 5.74) is 0.428. The Balaban J connectivity index is 3.02. The van der Waals surface area contributed by atoms with Gasteiger partial charge in [-0.2, -0.15) is 0 Å². The summed E-state index contributed by atoms with van der Waals surface area (Å²) < 4.78 is 22.2. The van der Waals surface area contributed by atoms with Gasteiger partial charge in [0, 0.05) is 22.3 Å². The number of anilines is 1. The van der Waals surface area contributed by atoms with Gasteiger partial charge in [0.1, 0.15) is 4.90 Å². The zero-order valence-corrected chi connectivity index (χ0v) is 11.5. The topological polar surface area (TPSA) is 63.2 Å². The van der Waals surface area contributed by atoms with E-state index in [2.05, 4.69) is 5.32 Å². The second-order valence-corrected chi connectivity index (χ2v) is 6.67. The van der Waals surface area contributed by atoms with Crippen LogP contribution in [0.15, 0.2) is 23.1 Å². The normalized spacial score (nSPS) is 11.6. The predicted molar refractivity (Wildman–Crippen MR) is 68.0 cm³/mol. The molecule has 1 N–H and O–H groups in total. The van der Waals surface area contributed by atoms with Crippen LogP contribution in [0.5, 0.6) is 0 Å². The lowest BCUT2D eigenvalue weighted by molar-refractivity contribution is -0.118. The molecule has 0 bridgehead atoms. The van der Waals surface area contributed by atoms with Crippen LogP contribution in [-0.2, 0) is 13.8 Å². The van der Waals surface area contributed by atoms with E-state index in [0.717, 1.165) is 0 Å². The summed E-state index contributed by atoms with van der Waals surface area (Å²) in [6.07, 6.45) is 0. The predicted octanol–water partition coefficient (Wildman–Crippen LogP) is 2.86. The van der Waals surface area contributed by atoms with Crippen molar-refractivity contribution in [3.05, 3.63) is 23.2 Å². The highest BCUT2D eigenvalue weighted by molar-refractivity contribution is 8.13. The monoisotopic (exact) mass is 295 g/mol. The largest absolute Gasteiger partial charge is 0.326 e. The minimum atomic E-state index is -3.87. The van der Waals surface area contributed by atoms with Gasteiger partial charge < -0.3 is 5.32 Å². The van der Waals surface area contributed by atoms with Gasteiger partial charge in [-0.15, -0.1) is 0 Å². The van der Waals surface area contributed by atoms with E-state index in [9.17, 15) is 13.2 Å². The zero-order valence-electron chi connectivity index (χ0n) is 9.20. The van der Waals surface area contributed by atoms with Gasteiger partial charge in [-0.05, 0) is 18.2 Å². The lowest BCUT2D eigenvalue weighted by atomic mass is 10.2. The highest BCUT2D eigenvalue weighted by Crippen LogP contribution is 2.27. The molecule has 4 nitrogen and oxygen atoms in total. The third kappa shape index (κ3) is 3.87. The number of benzene rings is 1. The Morgan fingerprint density at radius 2 is 1.94 bits per heavy atom. The summed E-state index contributed by atoms with van der Waals surface area (Å²) in [6.45, 7) is 3.49. The van der Waals surface area contributed by atoms with Crippen molar-refractivity contribution >= 4 is 42.9 Å². The molecule has 0 aliphatic heterocycles. The lowest BCUT2D eigenvalue weighted by Gasteiger charge is -2.09. The summed E-state index contributed by atoms with van der Waals surface area (Å²) >= 11 is 5.76. The minimum Gasteiger partial charge on any atom is -0.326 e. The number of hydrogen-bond donors (Lipinski definition) is 1. The van der Waals surface area contributed by atoms with Crippen LogP contribution in [-0.4, -0.2) is 14.3 Å². The third-order valence-corrected chi connectivity index (χ3v) is 3.79. The molecule has 0 spiro atoms. The molecule has 0 aliphatic carbocycles. The fraction of sp³-hybridized carbons (Fsp3) is 0.300. The fourth-order valence-corrected chi connectivity index (χ4v) is 2.59. The first-order chi connectivity index (χ1) is 7.71. The Kier molecular flexibility index (Phi) is 4.41. The molecule has 17 heavy (non-hydrogen) atoms. The Morgan fingerprint density at radius 3 is 2.35 bits per heavy atom. The summed E-state index contributed by atoms with van der Waals surface area (Å²) in [5.74, 6) is -0.354. The Morgan fingerprint density at radius 1 is 1.35 bits per heavy atom. The van der Waals surface area contributed by atoms with E-state index in [0.29, 0.717) is 5.69 Å². The zero-order chi connectivity index (χ0) is 13.2. The van der Waals surface area contributed by atoms with Gasteiger partial charge in [0.05, 0.1) is 5.02 Å². The molecule has 1 amide bonds. The molecule has 1 aromatic carbocycles. The molecular formula is C10H11Cl2NO3S. The maximum Gasteiger partial charge on any atom is 0.262 e. The molecule has 1 rings (SSSR count). The summed E-state index contributed by atoms with van der Waals surface area (Å²) in [4.78, 5) is 11.2. The Labute approximate surface area is 109 Å². The van der Waals surface area contributed by atoms with E-state index in [-0.39, 0.29) is 21.7 Å². The first-order valence-corrected chi connectivity index (χ1v) is 7.45. The highest BCUT2D eigenvalue weighted by Gasteiger charge is 2.15. The van der Waals surface area contributed by atoms with Gasteiger partial charge in [-0.3, -0.25) is 4.79 Å². The van der Waals surface area contributed by atoms with E-state index in [4.69, 9.17) is 22.3 Å². The number of carbonyl (C=O) groups excluding carboxylic acids is 1. The molecule has 0 atom stereocenters. The highest BCUT2D eigenvalue weighted by atomic mass is 35.7. The van der Waals surface area contributed by atoms with Gasteiger partial charge in [0.15, 0.2) is 0 Å². The quantitative estimate of drug-likeness (QED) is 0.872. The minimum absolute atomic E-state index is 0.0263. The molecule has 94 valence electrons. The molecule has 1 aromatic rings. The van der Waals surface area contributed by atoms with Gasteiger partial charge >= 0.3 is 0 Å². The summed E-state index contributed by atoms with van der Waals surface area (Å²) in [6, 6.07) is 4.03. The van der Waals surface area contributed by atoms with Crippen LogP contribution in [0.4, 0.5) is 5.69 Å². The summed E-state index contributed by atoms with van der Waals surface area (Å²) in [5, 5.41) is 2.57. The van der Waals surface area contributed by atoms with Crippen LogP contribution in [0.3, 0.4) is 0 Å². The number of rotatable bonds is 3. The van der Waals surface area contributed by atoms with Crippen LogP contribution >= 0.6 is 22.3 Å². The molecule has 0 aliphatic rings. The van der Waals surface area contributed by atoms with Crippen LogP contribution in [0.2, 0.25) is 5.02 Å². The van der Waals surface area contributed by atoms with E-state index in [1.54, 1.807) is 13.8 Å². The van der Waals surface area contributed by atoms with Gasteiger partial charge in [0.2, 0.25) is 5.91 Å². The lowest BCUT2D eigenvalue weighted by Crippen LogP contribution is -2.17. The number of halogens is 2. The smallest absolute Gasteiger partial charge is 0.262 e. The van der Waals surface area contributed by atoms with Gasteiger partial charge in [-0.1, -0.05) is 25.4 Å². The van der Waals surface area contributed by atoms with Crippen molar-refractivity contribution in [1.29, 1.82) is 0 Å². The third-order valence-electron chi connectivity index (χ3n) is 1.99. The van der Waals surface area contributed by atoms with Gasteiger partial charge in [-0.25, -0.2) is 8.42 Å². The molecular weight excluding hydrogens is 285 g/mol. The van der Waals surface area contributed by atoms with Crippen molar-refractivity contribution in [3.63, 3.8) is 0 Å². The van der Waals surface area contributed by atoms with Crippen LogP contribution in [0, 0.1) is 5.92 Å². The fourth-order valence-electron chi connectivity index (χ4n) is 1.06.